The van der Waals surface area contributed by atoms with Crippen molar-refractivity contribution in [3.8, 4) is 5.75 Å². The second-order valence-corrected chi connectivity index (χ2v) is 7.93. The summed E-state index contributed by atoms with van der Waals surface area (Å²) in [7, 11) is -0.249. The minimum Gasteiger partial charge on any atom is -0.497 e. The van der Waals surface area contributed by atoms with Crippen molar-refractivity contribution >= 4 is 50.6 Å². The summed E-state index contributed by atoms with van der Waals surface area (Å²) >= 11 is 6.23. The molecule has 2 aromatic heterocycles. The van der Waals surface area contributed by atoms with E-state index < -0.39 is 10.0 Å². The van der Waals surface area contributed by atoms with E-state index >= 15 is 0 Å². The van der Waals surface area contributed by atoms with Crippen molar-refractivity contribution in [3.63, 3.8) is 0 Å². The molecule has 0 aliphatic heterocycles. The second kappa shape index (κ2) is 7.90. The number of hydrogen-bond acceptors (Lipinski definition) is 8. The molecule has 0 spiro atoms. The van der Waals surface area contributed by atoms with Crippen LogP contribution in [0.25, 0.3) is 0 Å². The maximum Gasteiger partial charge on any atom is 0.232 e. The number of anilines is 5. The average molecular weight is 424 g/mol. The lowest BCUT2D eigenvalue weighted by Crippen LogP contribution is -2.15. The number of methoxy groups -OCH3 is 1. The fourth-order valence-corrected chi connectivity index (χ4v) is 3.03. The van der Waals surface area contributed by atoms with Crippen LogP contribution in [0.15, 0.2) is 36.7 Å². The summed E-state index contributed by atoms with van der Waals surface area (Å²) in [6.07, 6.45) is 4.12. The number of sulfonamides is 1. The van der Waals surface area contributed by atoms with Crippen molar-refractivity contribution in [2.24, 2.45) is 0 Å². The normalized spacial score (nSPS) is 11.1. The Kier molecular flexibility index (Phi) is 5.56. The lowest BCUT2D eigenvalue weighted by Gasteiger charge is -2.18. The molecule has 1 aromatic carbocycles. The first-order chi connectivity index (χ1) is 13.3. The number of nitrogens with zero attached hydrogens (tertiary/aromatic N) is 4. The Balaban J connectivity index is 1.96. The predicted molar refractivity (Wildman–Crippen MR) is 108 cm³/mol. The molecule has 0 saturated carbocycles. The van der Waals surface area contributed by atoms with Crippen LogP contribution in [0.3, 0.4) is 0 Å². The Morgan fingerprint density at radius 1 is 1.25 bits per heavy atom. The van der Waals surface area contributed by atoms with Gasteiger partial charge in [-0.2, -0.15) is 10.1 Å². The molecule has 0 amide bonds. The third-order valence-electron chi connectivity index (χ3n) is 3.65. The van der Waals surface area contributed by atoms with Gasteiger partial charge < -0.3 is 10.1 Å². The van der Waals surface area contributed by atoms with Crippen molar-refractivity contribution in [2.75, 3.05) is 35.4 Å². The van der Waals surface area contributed by atoms with Gasteiger partial charge in [0.1, 0.15) is 16.6 Å². The van der Waals surface area contributed by atoms with Crippen LogP contribution in [0.4, 0.5) is 29.0 Å². The zero-order valence-corrected chi connectivity index (χ0v) is 16.8. The zero-order valence-electron chi connectivity index (χ0n) is 15.3. The van der Waals surface area contributed by atoms with Crippen LogP contribution in [-0.4, -0.2) is 49.0 Å². The summed E-state index contributed by atoms with van der Waals surface area (Å²) in [4.78, 5) is 10.3. The molecule has 0 aliphatic carbocycles. The number of H-pyrrole nitrogens is 1. The number of ether oxygens (including phenoxy) is 1. The van der Waals surface area contributed by atoms with Crippen molar-refractivity contribution in [1.82, 2.24) is 20.2 Å². The van der Waals surface area contributed by atoms with E-state index in [9.17, 15) is 8.42 Å². The van der Waals surface area contributed by atoms with Crippen LogP contribution in [0.2, 0.25) is 5.02 Å². The molecule has 0 fully saturated rings. The molecule has 0 aliphatic rings. The van der Waals surface area contributed by atoms with Crippen LogP contribution in [0.1, 0.15) is 0 Å². The monoisotopic (exact) mass is 423 g/mol. The van der Waals surface area contributed by atoms with Gasteiger partial charge in [0.25, 0.3) is 0 Å². The molecule has 3 aromatic rings. The lowest BCUT2D eigenvalue weighted by molar-refractivity contribution is 0.415. The van der Waals surface area contributed by atoms with E-state index in [-0.39, 0.29) is 5.02 Å². The largest absolute Gasteiger partial charge is 0.497 e. The topological polar surface area (TPSA) is 125 Å². The first kappa shape index (κ1) is 19.7. The summed E-state index contributed by atoms with van der Waals surface area (Å²) in [5, 5.41) is 10.0. The van der Waals surface area contributed by atoms with Gasteiger partial charge in [0.05, 0.1) is 37.1 Å². The Labute approximate surface area is 167 Å². The number of nitrogens with one attached hydrogen (secondary N) is 3. The fraction of sp³-hybridized carbons (Fsp3) is 0.188. The zero-order chi connectivity index (χ0) is 20.3. The van der Waals surface area contributed by atoms with Gasteiger partial charge in [-0.15, -0.1) is 0 Å². The predicted octanol–water partition coefficient (Wildman–Crippen LogP) is 2.74. The number of rotatable bonds is 7. The molecule has 3 N–H and O–H groups in total. The van der Waals surface area contributed by atoms with Gasteiger partial charge in [-0.3, -0.25) is 14.7 Å². The highest BCUT2D eigenvalue weighted by atomic mass is 35.5. The van der Waals surface area contributed by atoms with Gasteiger partial charge in [-0.25, -0.2) is 13.4 Å². The van der Waals surface area contributed by atoms with Crippen LogP contribution >= 0.6 is 11.6 Å². The molecule has 2 heterocycles. The lowest BCUT2D eigenvalue weighted by atomic mass is 10.2. The van der Waals surface area contributed by atoms with Crippen molar-refractivity contribution < 1.29 is 13.2 Å². The van der Waals surface area contributed by atoms with Gasteiger partial charge >= 0.3 is 0 Å². The van der Waals surface area contributed by atoms with Gasteiger partial charge in [0.2, 0.25) is 16.0 Å². The molecule has 3 rings (SSSR count). The summed E-state index contributed by atoms with van der Waals surface area (Å²) in [6.45, 7) is 0. The molecule has 10 nitrogen and oxygen atoms in total. The van der Waals surface area contributed by atoms with E-state index in [1.807, 2.05) is 0 Å². The highest BCUT2D eigenvalue weighted by Crippen LogP contribution is 2.33. The third-order valence-corrected chi connectivity index (χ3v) is 4.52. The minimum absolute atomic E-state index is 0.267. The van der Waals surface area contributed by atoms with E-state index in [2.05, 4.69) is 30.2 Å². The van der Waals surface area contributed by atoms with Crippen LogP contribution in [0.5, 0.6) is 5.75 Å². The maximum atomic E-state index is 11.7. The number of aromatic nitrogens is 4. The van der Waals surface area contributed by atoms with Crippen LogP contribution < -0.4 is 19.7 Å². The Morgan fingerprint density at radius 3 is 2.68 bits per heavy atom. The number of halogens is 1. The molecule has 28 heavy (non-hydrogen) atoms. The summed E-state index contributed by atoms with van der Waals surface area (Å²) in [5.74, 6) is 1.85. The third kappa shape index (κ3) is 4.61. The van der Waals surface area contributed by atoms with Crippen molar-refractivity contribution in [1.29, 1.82) is 0 Å². The quantitative estimate of drug-likeness (QED) is 0.529. The highest BCUT2D eigenvalue weighted by molar-refractivity contribution is 7.92. The Bertz CT molecular complexity index is 1070. The van der Waals surface area contributed by atoms with E-state index in [1.54, 1.807) is 42.4 Å². The molecule has 0 atom stereocenters. The van der Waals surface area contributed by atoms with Gasteiger partial charge in [-0.05, 0) is 12.1 Å². The second-order valence-electron chi connectivity index (χ2n) is 5.78. The van der Waals surface area contributed by atoms with Gasteiger partial charge in [-0.1, -0.05) is 11.6 Å². The van der Waals surface area contributed by atoms with E-state index in [0.717, 1.165) is 6.26 Å². The van der Waals surface area contributed by atoms with Gasteiger partial charge in [0.15, 0.2) is 5.82 Å². The maximum absolute atomic E-state index is 11.7. The number of hydrogen-bond donors (Lipinski definition) is 3. The summed E-state index contributed by atoms with van der Waals surface area (Å²) in [5.41, 5.74) is 0.738. The molecule has 0 radical (unpaired) electrons. The SMILES string of the molecule is COc1ccc(Nc2nc(N(C)c3ccn[nH]3)ncc2Cl)c(NS(C)(=O)=O)c1. The smallest absolute Gasteiger partial charge is 0.232 e. The Morgan fingerprint density at radius 2 is 2.04 bits per heavy atom. The molecule has 12 heteroatoms. The molecule has 0 bridgehead atoms. The van der Waals surface area contributed by atoms with Crippen LogP contribution in [0, 0.1) is 0 Å². The molecule has 0 saturated heterocycles. The molecular formula is C16H18ClN7O3S. The highest BCUT2D eigenvalue weighted by Gasteiger charge is 2.15. The molecular weight excluding hydrogens is 406 g/mol. The summed E-state index contributed by atoms with van der Waals surface area (Å²) < 4.78 is 31.0. The number of benzene rings is 1. The first-order valence-electron chi connectivity index (χ1n) is 7.95. The first-order valence-corrected chi connectivity index (χ1v) is 10.2. The minimum atomic E-state index is -3.51. The van der Waals surface area contributed by atoms with E-state index in [4.69, 9.17) is 16.3 Å². The van der Waals surface area contributed by atoms with Crippen LogP contribution in [-0.2, 0) is 10.0 Å². The number of aromatic amines is 1. The molecule has 0 unspecified atom stereocenters. The summed E-state index contributed by atoms with van der Waals surface area (Å²) in [6, 6.07) is 6.66. The van der Waals surface area contributed by atoms with Crippen molar-refractivity contribution in [3.05, 3.63) is 41.7 Å². The van der Waals surface area contributed by atoms with E-state index in [0.29, 0.717) is 34.7 Å². The van der Waals surface area contributed by atoms with Gasteiger partial charge in [0, 0.05) is 19.2 Å². The van der Waals surface area contributed by atoms with Crippen molar-refractivity contribution in [2.45, 2.75) is 0 Å². The standard InChI is InChI=1S/C16H18ClN7O3S/c1-24(14-6-7-19-22-14)16-18-9-11(17)15(21-16)20-12-5-4-10(27-2)8-13(12)23-28(3,25)26/h4-9,23H,1-3H3,(H,19,22)(H,18,20,21). The fourth-order valence-electron chi connectivity index (χ4n) is 2.32. The Hall–Kier alpha value is -3.05. The van der Waals surface area contributed by atoms with E-state index in [1.165, 1.54) is 13.3 Å². The average Bonchev–Trinajstić information content (AvgIpc) is 3.17. The molecule has 148 valence electrons.